The molecular formula is C7H5BCl2O. The van der Waals surface area contributed by atoms with Crippen molar-refractivity contribution in [2.24, 2.45) is 0 Å². The first-order valence-corrected chi connectivity index (χ1v) is 3.70. The van der Waals surface area contributed by atoms with Crippen molar-refractivity contribution in [3.05, 3.63) is 22.2 Å². The highest BCUT2D eigenvalue weighted by Gasteiger charge is 2.04. The molecule has 4 heteroatoms. The second-order valence-electron chi connectivity index (χ2n) is 1.98. The third kappa shape index (κ3) is 1.63. The van der Waals surface area contributed by atoms with Crippen molar-refractivity contribution in [3.63, 3.8) is 0 Å². The topological polar surface area (TPSA) is 9.23 Å². The molecule has 2 radical (unpaired) electrons. The van der Waals surface area contributed by atoms with Gasteiger partial charge in [-0.1, -0.05) is 23.2 Å². The molecule has 0 N–H and O–H groups in total. The van der Waals surface area contributed by atoms with E-state index < -0.39 is 0 Å². The first-order valence-electron chi connectivity index (χ1n) is 2.94. The highest BCUT2D eigenvalue weighted by Crippen LogP contribution is 2.22. The average Bonchev–Trinajstić information content (AvgIpc) is 2.01. The molecule has 1 nitrogen and oxygen atoms in total. The number of hydrogen-bond donors (Lipinski definition) is 0. The maximum absolute atomic E-state index is 5.72. The number of methoxy groups -OCH3 is 1. The molecule has 1 aromatic rings. The van der Waals surface area contributed by atoms with Gasteiger partial charge < -0.3 is 4.74 Å². The number of ether oxygens (including phenoxy) is 1. The smallest absolute Gasteiger partial charge is 0.121 e. The van der Waals surface area contributed by atoms with Crippen LogP contribution in [0, 0.1) is 0 Å². The van der Waals surface area contributed by atoms with E-state index in [4.69, 9.17) is 35.8 Å². The van der Waals surface area contributed by atoms with Gasteiger partial charge in [-0.25, -0.2) is 0 Å². The van der Waals surface area contributed by atoms with Gasteiger partial charge in [0.05, 0.1) is 17.2 Å². The summed E-state index contributed by atoms with van der Waals surface area (Å²) in [4.78, 5) is 0. The lowest BCUT2D eigenvalue weighted by atomic mass is 9.95. The number of rotatable bonds is 1. The predicted octanol–water partition coefficient (Wildman–Crippen LogP) is 1.80. The van der Waals surface area contributed by atoms with Crippen LogP contribution in [0.2, 0.25) is 10.0 Å². The third-order valence-electron chi connectivity index (χ3n) is 1.31. The van der Waals surface area contributed by atoms with Crippen molar-refractivity contribution in [2.45, 2.75) is 0 Å². The van der Waals surface area contributed by atoms with Crippen LogP contribution in [0.5, 0.6) is 5.75 Å². The molecule has 0 saturated heterocycles. The number of hydrogen-bond acceptors (Lipinski definition) is 1. The van der Waals surface area contributed by atoms with E-state index in [0.29, 0.717) is 21.3 Å². The summed E-state index contributed by atoms with van der Waals surface area (Å²) < 4.78 is 4.91. The molecule has 1 aromatic carbocycles. The second kappa shape index (κ2) is 3.37. The standard InChI is InChI=1S/C7H5BCl2O/c1-11-5-3-2-4(9)7(10)6(5)8/h2-3H,1H3. The zero-order valence-electron chi connectivity index (χ0n) is 5.90. The molecule has 0 bridgehead atoms. The van der Waals surface area contributed by atoms with Crippen molar-refractivity contribution in [1.82, 2.24) is 0 Å². The van der Waals surface area contributed by atoms with Gasteiger partial charge in [0.1, 0.15) is 13.6 Å². The SMILES string of the molecule is [B]c1c(OC)ccc(Cl)c1Cl. The number of benzene rings is 1. The molecule has 11 heavy (non-hydrogen) atoms. The van der Waals surface area contributed by atoms with Gasteiger partial charge in [0, 0.05) is 0 Å². The van der Waals surface area contributed by atoms with Gasteiger partial charge in [-0.3, -0.25) is 0 Å². The Labute approximate surface area is 76.7 Å². The molecule has 0 aliphatic carbocycles. The second-order valence-corrected chi connectivity index (χ2v) is 2.76. The first kappa shape index (κ1) is 8.76. The zero-order chi connectivity index (χ0) is 8.43. The molecule has 0 spiro atoms. The van der Waals surface area contributed by atoms with Crippen LogP contribution in [0.25, 0.3) is 0 Å². The van der Waals surface area contributed by atoms with Gasteiger partial charge >= 0.3 is 0 Å². The molecule has 0 amide bonds. The minimum absolute atomic E-state index is 0.339. The minimum Gasteiger partial charge on any atom is -0.497 e. The van der Waals surface area contributed by atoms with Crippen molar-refractivity contribution in [2.75, 3.05) is 7.11 Å². The Balaban J connectivity index is 3.25. The lowest BCUT2D eigenvalue weighted by Crippen LogP contribution is -2.08. The van der Waals surface area contributed by atoms with Crippen molar-refractivity contribution < 1.29 is 4.74 Å². The zero-order valence-corrected chi connectivity index (χ0v) is 7.41. The van der Waals surface area contributed by atoms with Gasteiger partial charge in [-0.05, 0) is 17.6 Å². The Kier molecular flexibility index (Phi) is 2.69. The van der Waals surface area contributed by atoms with E-state index in [9.17, 15) is 0 Å². The molecule has 0 aliphatic heterocycles. The van der Waals surface area contributed by atoms with Crippen LogP contribution < -0.4 is 10.2 Å². The molecule has 0 fully saturated rings. The van der Waals surface area contributed by atoms with E-state index in [0.717, 1.165) is 0 Å². The molecule has 0 aliphatic rings. The fraction of sp³-hybridized carbons (Fsp3) is 0.143. The fourth-order valence-corrected chi connectivity index (χ4v) is 1.05. The Hall–Kier alpha value is -0.335. The van der Waals surface area contributed by atoms with Crippen LogP contribution in [0.15, 0.2) is 12.1 Å². The molecule has 0 unspecified atom stereocenters. The molecule has 1 rings (SSSR count). The molecular weight excluding hydrogens is 182 g/mol. The largest absolute Gasteiger partial charge is 0.497 e. The van der Waals surface area contributed by atoms with Gasteiger partial charge in [-0.2, -0.15) is 0 Å². The normalized spacial score (nSPS) is 9.73. The molecule has 0 atom stereocenters. The quantitative estimate of drug-likeness (QED) is 0.608. The molecule has 0 aromatic heterocycles. The summed E-state index contributed by atoms with van der Waals surface area (Å²) in [7, 11) is 7.08. The number of halogens is 2. The highest BCUT2D eigenvalue weighted by molar-refractivity contribution is 6.51. The van der Waals surface area contributed by atoms with Gasteiger partial charge in [-0.15, -0.1) is 0 Å². The summed E-state index contributed by atoms with van der Waals surface area (Å²) >= 11 is 11.4. The van der Waals surface area contributed by atoms with Crippen molar-refractivity contribution >= 4 is 36.5 Å². The Morgan fingerprint density at radius 2 is 2.00 bits per heavy atom. The van der Waals surface area contributed by atoms with Gasteiger partial charge in [0.2, 0.25) is 0 Å². The third-order valence-corrected chi connectivity index (χ3v) is 2.13. The van der Waals surface area contributed by atoms with E-state index in [-0.39, 0.29) is 0 Å². The Morgan fingerprint density at radius 3 is 2.55 bits per heavy atom. The maximum atomic E-state index is 5.72. The van der Waals surface area contributed by atoms with E-state index >= 15 is 0 Å². The summed E-state index contributed by atoms with van der Waals surface area (Å²) in [5, 5.41) is 0.774. The lowest BCUT2D eigenvalue weighted by Gasteiger charge is -2.06. The highest BCUT2D eigenvalue weighted by atomic mass is 35.5. The average molecular weight is 187 g/mol. The van der Waals surface area contributed by atoms with Crippen LogP contribution in [-0.4, -0.2) is 15.0 Å². The first-order chi connectivity index (χ1) is 5.16. The maximum Gasteiger partial charge on any atom is 0.121 e. The van der Waals surface area contributed by atoms with Crippen LogP contribution in [-0.2, 0) is 0 Å². The lowest BCUT2D eigenvalue weighted by molar-refractivity contribution is 0.418. The van der Waals surface area contributed by atoms with E-state index in [1.54, 1.807) is 12.1 Å². The molecule has 56 valence electrons. The van der Waals surface area contributed by atoms with E-state index in [1.165, 1.54) is 7.11 Å². The molecule has 0 saturated carbocycles. The monoisotopic (exact) mass is 186 g/mol. The van der Waals surface area contributed by atoms with Gasteiger partial charge in [0.15, 0.2) is 0 Å². The van der Waals surface area contributed by atoms with Crippen LogP contribution >= 0.6 is 23.2 Å². The summed E-state index contributed by atoms with van der Waals surface area (Å²) in [6, 6.07) is 3.31. The van der Waals surface area contributed by atoms with E-state index in [1.807, 2.05) is 0 Å². The summed E-state index contributed by atoms with van der Waals surface area (Å²) in [6.07, 6.45) is 0. The summed E-state index contributed by atoms with van der Waals surface area (Å²) in [5.41, 5.74) is 0.377. The predicted molar refractivity (Wildman–Crippen MR) is 48.4 cm³/mol. The summed E-state index contributed by atoms with van der Waals surface area (Å²) in [5.74, 6) is 0.541. The minimum atomic E-state index is 0.339. The van der Waals surface area contributed by atoms with Crippen molar-refractivity contribution in [3.8, 4) is 5.75 Å². The van der Waals surface area contributed by atoms with E-state index in [2.05, 4.69) is 0 Å². The van der Waals surface area contributed by atoms with Gasteiger partial charge in [0.25, 0.3) is 0 Å². The van der Waals surface area contributed by atoms with Crippen LogP contribution in [0.3, 0.4) is 0 Å². The summed E-state index contributed by atoms with van der Waals surface area (Å²) in [6.45, 7) is 0. The fourth-order valence-electron chi connectivity index (χ4n) is 0.727. The Bertz CT molecular complexity index is 275. The Morgan fingerprint density at radius 1 is 1.36 bits per heavy atom. The van der Waals surface area contributed by atoms with Crippen LogP contribution in [0.1, 0.15) is 0 Å². The van der Waals surface area contributed by atoms with Crippen molar-refractivity contribution in [1.29, 1.82) is 0 Å². The molecule has 0 heterocycles. The van der Waals surface area contributed by atoms with Crippen LogP contribution in [0.4, 0.5) is 0 Å².